The summed E-state index contributed by atoms with van der Waals surface area (Å²) in [5.41, 5.74) is -0.800. The van der Waals surface area contributed by atoms with Crippen molar-refractivity contribution in [2.24, 2.45) is 5.14 Å². The highest BCUT2D eigenvalue weighted by Gasteiger charge is 2.31. The van der Waals surface area contributed by atoms with Crippen LogP contribution < -0.4 is 5.14 Å². The van der Waals surface area contributed by atoms with E-state index in [4.69, 9.17) is 5.11 Å². The number of nitrogens with two attached hydrogens (primary N) is 1. The average molecular weight is 272 g/mol. The quantitative estimate of drug-likeness (QED) is 0.831. The van der Waals surface area contributed by atoms with Gasteiger partial charge in [-0.1, -0.05) is 0 Å². The summed E-state index contributed by atoms with van der Waals surface area (Å²) in [5, 5.41) is 13.3. The lowest BCUT2D eigenvalue weighted by Crippen LogP contribution is -2.20. The summed E-state index contributed by atoms with van der Waals surface area (Å²) in [6, 6.07) is 0.573. The van der Waals surface area contributed by atoms with Gasteiger partial charge in [-0.25, -0.2) is 18.4 Å². The lowest BCUT2D eigenvalue weighted by molar-refractivity contribution is -0.140. The Hall–Kier alpha value is -1.55. The van der Waals surface area contributed by atoms with E-state index in [1.165, 1.54) is 0 Å². The summed E-state index contributed by atoms with van der Waals surface area (Å²) in [5.74, 6) is -1.68. The predicted molar refractivity (Wildman–Crippen MR) is 48.8 cm³/mol. The molecule has 0 unspecified atom stereocenters. The van der Waals surface area contributed by atoms with Gasteiger partial charge in [0.2, 0.25) is 10.0 Å². The van der Waals surface area contributed by atoms with Gasteiger partial charge in [-0.15, -0.1) is 0 Å². The van der Waals surface area contributed by atoms with Gasteiger partial charge in [0.1, 0.15) is 17.1 Å². The van der Waals surface area contributed by atoms with Crippen LogP contribution in [-0.2, 0) is 16.6 Å². The zero-order valence-electron chi connectivity index (χ0n) is 8.10. The first-order chi connectivity index (χ1) is 7.50. The summed E-state index contributed by atoms with van der Waals surface area (Å²) in [6.45, 7) is -1.61. The number of aromatic nitrogens is 1. The number of carbonyl (C=O) groups is 1. The number of sulfonamides is 1. The number of aromatic carboxylic acids is 1. The lowest BCUT2D eigenvalue weighted by atomic mass is 10.4. The van der Waals surface area contributed by atoms with Crippen LogP contribution in [0.1, 0.15) is 10.5 Å². The maximum Gasteiger partial charge on any atom is 0.406 e. The van der Waals surface area contributed by atoms with E-state index in [-0.39, 0.29) is 4.57 Å². The van der Waals surface area contributed by atoms with E-state index >= 15 is 0 Å². The number of carboxylic acids is 1. The van der Waals surface area contributed by atoms with Crippen LogP contribution in [0.5, 0.6) is 0 Å². The topological polar surface area (TPSA) is 102 Å². The summed E-state index contributed by atoms with van der Waals surface area (Å²) in [4.78, 5) is 9.94. The van der Waals surface area contributed by atoms with Crippen molar-refractivity contribution < 1.29 is 31.5 Å². The summed E-state index contributed by atoms with van der Waals surface area (Å²) >= 11 is 0. The number of primary sulfonamides is 1. The minimum Gasteiger partial charge on any atom is -0.477 e. The van der Waals surface area contributed by atoms with Crippen LogP contribution in [0.2, 0.25) is 0 Å². The van der Waals surface area contributed by atoms with Crippen molar-refractivity contribution in [3.05, 3.63) is 18.0 Å². The number of rotatable bonds is 3. The Bertz CT molecular complexity index is 546. The molecule has 0 radical (unpaired) electrons. The Labute approximate surface area is 93.5 Å². The third kappa shape index (κ3) is 3.46. The van der Waals surface area contributed by atoms with Crippen LogP contribution in [-0.4, -0.2) is 30.2 Å². The normalized spacial score (nSPS) is 12.7. The second-order valence-corrected chi connectivity index (χ2v) is 4.72. The van der Waals surface area contributed by atoms with E-state index in [1.807, 2.05) is 0 Å². The zero-order valence-corrected chi connectivity index (χ0v) is 8.92. The first-order valence-corrected chi connectivity index (χ1v) is 5.58. The number of hydrogen-bond donors (Lipinski definition) is 2. The van der Waals surface area contributed by atoms with Crippen molar-refractivity contribution in [2.75, 3.05) is 0 Å². The molecule has 1 aromatic heterocycles. The van der Waals surface area contributed by atoms with E-state index in [0.29, 0.717) is 12.3 Å². The second kappa shape index (κ2) is 4.04. The average Bonchev–Trinajstić information content (AvgIpc) is 2.43. The highest BCUT2D eigenvalue weighted by Crippen LogP contribution is 2.21. The Kier molecular flexibility index (Phi) is 3.21. The smallest absolute Gasteiger partial charge is 0.406 e. The molecule has 96 valence electrons. The number of carboxylic acid groups (broad SMARTS) is 1. The molecule has 0 aromatic carbocycles. The molecule has 10 heteroatoms. The Balaban J connectivity index is 3.29. The SMILES string of the molecule is NS(=O)(=O)c1cc(C(=O)O)n(CC(F)(F)F)c1. The summed E-state index contributed by atoms with van der Waals surface area (Å²) in [7, 11) is -4.25. The highest BCUT2D eigenvalue weighted by molar-refractivity contribution is 7.89. The monoisotopic (exact) mass is 272 g/mol. The van der Waals surface area contributed by atoms with E-state index in [2.05, 4.69) is 5.14 Å². The molecular weight excluding hydrogens is 265 g/mol. The molecule has 0 atom stereocenters. The van der Waals surface area contributed by atoms with E-state index in [9.17, 15) is 26.4 Å². The Morgan fingerprint density at radius 3 is 2.35 bits per heavy atom. The van der Waals surface area contributed by atoms with Gasteiger partial charge in [-0.3, -0.25) is 0 Å². The van der Waals surface area contributed by atoms with E-state index < -0.39 is 39.3 Å². The fraction of sp³-hybridized carbons (Fsp3) is 0.286. The third-order valence-electron chi connectivity index (χ3n) is 1.77. The Morgan fingerprint density at radius 2 is 2.00 bits per heavy atom. The standard InChI is InChI=1S/C7H7F3N2O4S/c8-7(9,10)3-12-2-4(17(11,15)16)1-5(12)6(13)14/h1-2H,3H2,(H,13,14)(H2,11,15,16). The molecule has 3 N–H and O–H groups in total. The van der Waals surface area contributed by atoms with Gasteiger partial charge in [0.15, 0.2) is 0 Å². The predicted octanol–water partition coefficient (Wildman–Crippen LogP) is 0.396. The number of hydrogen-bond acceptors (Lipinski definition) is 3. The van der Waals surface area contributed by atoms with Crippen LogP contribution in [0.3, 0.4) is 0 Å². The van der Waals surface area contributed by atoms with Crippen molar-refractivity contribution in [3.63, 3.8) is 0 Å². The molecule has 1 heterocycles. The van der Waals surface area contributed by atoms with Crippen LogP contribution >= 0.6 is 0 Å². The van der Waals surface area contributed by atoms with Gasteiger partial charge < -0.3 is 9.67 Å². The fourth-order valence-corrected chi connectivity index (χ4v) is 1.69. The third-order valence-corrected chi connectivity index (χ3v) is 2.65. The number of halogens is 3. The molecule has 6 nitrogen and oxygen atoms in total. The molecule has 0 aliphatic carbocycles. The summed E-state index contributed by atoms with van der Waals surface area (Å²) < 4.78 is 58.3. The van der Waals surface area contributed by atoms with E-state index in [0.717, 1.165) is 0 Å². The molecule has 1 rings (SSSR count). The van der Waals surface area contributed by atoms with Crippen LogP contribution in [0.15, 0.2) is 17.2 Å². The van der Waals surface area contributed by atoms with Crippen molar-refractivity contribution in [1.29, 1.82) is 0 Å². The zero-order chi connectivity index (χ0) is 13.4. The van der Waals surface area contributed by atoms with Crippen LogP contribution in [0.25, 0.3) is 0 Å². The largest absolute Gasteiger partial charge is 0.477 e. The van der Waals surface area contributed by atoms with Crippen LogP contribution in [0, 0.1) is 0 Å². The van der Waals surface area contributed by atoms with E-state index in [1.54, 1.807) is 0 Å². The highest BCUT2D eigenvalue weighted by atomic mass is 32.2. The molecule has 0 amide bonds. The second-order valence-electron chi connectivity index (χ2n) is 3.15. The van der Waals surface area contributed by atoms with Gasteiger partial charge in [0.25, 0.3) is 0 Å². The van der Waals surface area contributed by atoms with Gasteiger partial charge in [0.05, 0.1) is 0 Å². The first-order valence-electron chi connectivity index (χ1n) is 4.04. The number of nitrogens with zero attached hydrogens (tertiary/aromatic N) is 1. The molecule has 0 aliphatic rings. The molecule has 1 aromatic rings. The molecule has 17 heavy (non-hydrogen) atoms. The molecule has 0 saturated heterocycles. The van der Waals surface area contributed by atoms with Gasteiger partial charge >= 0.3 is 12.1 Å². The minimum absolute atomic E-state index is 0.266. The fourth-order valence-electron chi connectivity index (χ4n) is 1.14. The minimum atomic E-state index is -4.67. The molecule has 0 aliphatic heterocycles. The maximum absolute atomic E-state index is 12.1. The van der Waals surface area contributed by atoms with Crippen molar-refractivity contribution >= 4 is 16.0 Å². The molecule has 0 spiro atoms. The lowest BCUT2D eigenvalue weighted by Gasteiger charge is -2.08. The molecule has 0 fully saturated rings. The maximum atomic E-state index is 12.1. The van der Waals surface area contributed by atoms with Gasteiger partial charge in [0, 0.05) is 6.20 Å². The first kappa shape index (κ1) is 13.5. The Morgan fingerprint density at radius 1 is 1.47 bits per heavy atom. The van der Waals surface area contributed by atoms with Gasteiger partial charge in [-0.05, 0) is 6.07 Å². The van der Waals surface area contributed by atoms with Crippen molar-refractivity contribution in [2.45, 2.75) is 17.6 Å². The van der Waals surface area contributed by atoms with Crippen molar-refractivity contribution in [3.8, 4) is 0 Å². The molecule has 0 bridgehead atoms. The molecule has 0 saturated carbocycles. The molecular formula is C7H7F3N2O4S. The van der Waals surface area contributed by atoms with Gasteiger partial charge in [-0.2, -0.15) is 13.2 Å². The summed E-state index contributed by atoms with van der Waals surface area (Å²) in [6.07, 6.45) is -4.13. The number of alkyl halides is 3. The van der Waals surface area contributed by atoms with Crippen molar-refractivity contribution in [1.82, 2.24) is 4.57 Å². The van der Waals surface area contributed by atoms with Crippen LogP contribution in [0.4, 0.5) is 13.2 Å².